The van der Waals surface area contributed by atoms with Crippen LogP contribution >= 0.6 is 15.9 Å². The van der Waals surface area contributed by atoms with Gasteiger partial charge in [0.1, 0.15) is 0 Å². The maximum atomic E-state index is 10.1. The average molecular weight is 195 g/mol. The van der Waals surface area contributed by atoms with Gasteiger partial charge in [-0.15, -0.1) is 0 Å². The Morgan fingerprint density at radius 1 is 1.89 bits per heavy atom. The summed E-state index contributed by atoms with van der Waals surface area (Å²) in [5.41, 5.74) is 0. The van der Waals surface area contributed by atoms with Crippen LogP contribution in [0.5, 0.6) is 0 Å². The molecule has 0 aliphatic carbocycles. The molecule has 0 fully saturated rings. The molecule has 0 aromatic carbocycles. The highest BCUT2D eigenvalue weighted by Gasteiger charge is 2.03. The van der Waals surface area contributed by atoms with Crippen LogP contribution in [0, 0.1) is 0 Å². The third kappa shape index (κ3) is 3.13. The smallest absolute Gasteiger partial charge is 0.370 e. The summed E-state index contributed by atoms with van der Waals surface area (Å²) in [6.07, 6.45) is 1.43. The third-order valence-corrected chi connectivity index (χ3v) is 1.02. The fourth-order valence-electron chi connectivity index (χ4n) is 0.328. The highest BCUT2D eigenvalue weighted by Crippen LogP contribution is 1.95. The van der Waals surface area contributed by atoms with E-state index in [4.69, 9.17) is 5.11 Å². The summed E-state index contributed by atoms with van der Waals surface area (Å²) in [4.78, 5) is 10.1. The maximum absolute atomic E-state index is 10.1. The molecule has 0 radical (unpaired) electrons. The van der Waals surface area contributed by atoms with Gasteiger partial charge in [0.2, 0.25) is 5.76 Å². The molecule has 9 heavy (non-hydrogen) atoms. The van der Waals surface area contributed by atoms with Gasteiger partial charge in [-0.05, 0) is 6.08 Å². The van der Waals surface area contributed by atoms with Gasteiger partial charge in [-0.3, -0.25) is 0 Å². The molecule has 0 spiro atoms. The lowest BCUT2D eigenvalue weighted by Gasteiger charge is -1.96. The second-order valence-corrected chi connectivity index (χ2v) is 1.88. The first-order chi connectivity index (χ1) is 4.22. The number of halogens is 1. The minimum absolute atomic E-state index is 0.0353. The highest BCUT2D eigenvalue weighted by atomic mass is 79.9. The molecule has 0 rings (SSSR count). The Morgan fingerprint density at radius 2 is 2.44 bits per heavy atom. The van der Waals surface area contributed by atoms with Gasteiger partial charge in [0.05, 0.1) is 7.11 Å². The lowest BCUT2D eigenvalue weighted by atomic mass is 10.5. The molecule has 0 bridgehead atoms. The van der Waals surface area contributed by atoms with Gasteiger partial charge in [0.25, 0.3) is 0 Å². The van der Waals surface area contributed by atoms with E-state index < -0.39 is 5.97 Å². The lowest BCUT2D eigenvalue weighted by Crippen LogP contribution is -2.02. The summed E-state index contributed by atoms with van der Waals surface area (Å²) in [6, 6.07) is 0. The van der Waals surface area contributed by atoms with E-state index >= 15 is 0 Å². The van der Waals surface area contributed by atoms with Crippen molar-refractivity contribution in [2.45, 2.75) is 0 Å². The monoisotopic (exact) mass is 194 g/mol. The molecule has 0 atom stereocenters. The largest absolute Gasteiger partial charge is 0.490 e. The summed E-state index contributed by atoms with van der Waals surface area (Å²) in [7, 11) is 1.32. The van der Waals surface area contributed by atoms with E-state index in [1.807, 2.05) is 0 Å². The number of hydrogen-bond donors (Lipinski definition) is 1. The van der Waals surface area contributed by atoms with Crippen molar-refractivity contribution in [1.29, 1.82) is 0 Å². The Kier molecular flexibility index (Phi) is 4.13. The van der Waals surface area contributed by atoms with Crippen molar-refractivity contribution >= 4 is 21.9 Å². The Hall–Kier alpha value is -0.510. The van der Waals surface area contributed by atoms with Crippen LogP contribution in [0.3, 0.4) is 0 Å². The Bertz CT molecular complexity index is 130. The number of alkyl halides is 1. The normalized spacial score (nSPS) is 11.1. The summed E-state index contributed by atoms with van der Waals surface area (Å²) in [6.45, 7) is 0. The van der Waals surface area contributed by atoms with Crippen molar-refractivity contribution in [3.63, 3.8) is 0 Å². The topological polar surface area (TPSA) is 46.5 Å². The van der Waals surface area contributed by atoms with Gasteiger partial charge in [0.15, 0.2) is 0 Å². The second-order valence-electron chi connectivity index (χ2n) is 1.23. The molecule has 0 aromatic rings. The van der Waals surface area contributed by atoms with Crippen molar-refractivity contribution < 1.29 is 14.6 Å². The molecule has 1 N–H and O–H groups in total. The van der Waals surface area contributed by atoms with Gasteiger partial charge in [-0.25, -0.2) is 4.79 Å². The van der Waals surface area contributed by atoms with Crippen LogP contribution in [-0.4, -0.2) is 23.5 Å². The van der Waals surface area contributed by atoms with Crippen LogP contribution in [0.25, 0.3) is 0 Å². The molecule has 0 unspecified atom stereocenters. The number of carboxylic acids is 1. The van der Waals surface area contributed by atoms with Gasteiger partial charge in [-0.2, -0.15) is 0 Å². The predicted octanol–water partition coefficient (Wildman–Crippen LogP) is 0.996. The van der Waals surface area contributed by atoms with Gasteiger partial charge in [-0.1, -0.05) is 15.9 Å². The number of ether oxygens (including phenoxy) is 1. The first kappa shape index (κ1) is 8.49. The van der Waals surface area contributed by atoms with Gasteiger partial charge >= 0.3 is 5.97 Å². The second kappa shape index (κ2) is 4.38. The number of aliphatic carboxylic acids is 1. The van der Waals surface area contributed by atoms with E-state index in [9.17, 15) is 4.79 Å². The molecule has 4 heteroatoms. The first-order valence-corrected chi connectivity index (χ1v) is 3.38. The zero-order valence-corrected chi connectivity index (χ0v) is 6.51. The van der Waals surface area contributed by atoms with Crippen molar-refractivity contribution in [2.24, 2.45) is 0 Å². The Labute approximate surface area is 61.4 Å². The predicted molar refractivity (Wildman–Crippen MR) is 36.5 cm³/mol. The van der Waals surface area contributed by atoms with Crippen molar-refractivity contribution in [1.82, 2.24) is 0 Å². The van der Waals surface area contributed by atoms with Gasteiger partial charge < -0.3 is 9.84 Å². The maximum Gasteiger partial charge on any atom is 0.370 e. The molecule has 0 heterocycles. The number of rotatable bonds is 3. The summed E-state index contributed by atoms with van der Waals surface area (Å²) in [5, 5.41) is 8.78. The summed E-state index contributed by atoms with van der Waals surface area (Å²) >= 11 is 3.04. The van der Waals surface area contributed by atoms with Crippen molar-refractivity contribution in [2.75, 3.05) is 12.4 Å². The number of allylic oxidation sites excluding steroid dienone is 1. The summed E-state index contributed by atoms with van der Waals surface area (Å²) < 4.78 is 4.48. The van der Waals surface area contributed by atoms with Gasteiger partial charge in [0, 0.05) is 5.33 Å². The zero-order valence-electron chi connectivity index (χ0n) is 4.93. The molecule has 3 nitrogen and oxygen atoms in total. The molecular formula is C5H7BrO3. The lowest BCUT2D eigenvalue weighted by molar-refractivity contribution is -0.136. The molecule has 0 aromatic heterocycles. The van der Waals surface area contributed by atoms with Crippen molar-refractivity contribution in [3.05, 3.63) is 11.8 Å². The van der Waals surface area contributed by atoms with Crippen LogP contribution in [-0.2, 0) is 9.53 Å². The summed E-state index contributed by atoms with van der Waals surface area (Å²) in [5.74, 6) is -1.08. The fourth-order valence-corrected chi connectivity index (χ4v) is 0.622. The average Bonchev–Trinajstić information content (AvgIpc) is 1.82. The van der Waals surface area contributed by atoms with E-state index in [2.05, 4.69) is 20.7 Å². The highest BCUT2D eigenvalue weighted by molar-refractivity contribution is 9.09. The molecular weight excluding hydrogens is 188 g/mol. The Morgan fingerprint density at radius 3 is 2.56 bits per heavy atom. The molecule has 0 saturated carbocycles. The van der Waals surface area contributed by atoms with E-state index in [1.165, 1.54) is 13.2 Å². The van der Waals surface area contributed by atoms with Crippen molar-refractivity contribution in [3.8, 4) is 0 Å². The molecule has 0 aliphatic heterocycles. The van der Waals surface area contributed by atoms with Crippen LogP contribution in [0.15, 0.2) is 11.8 Å². The van der Waals surface area contributed by atoms with E-state index in [-0.39, 0.29) is 5.76 Å². The van der Waals surface area contributed by atoms with E-state index in [1.54, 1.807) is 0 Å². The molecule has 0 aliphatic rings. The quantitative estimate of drug-likeness (QED) is 0.415. The number of carboxylic acid groups (broad SMARTS) is 1. The van der Waals surface area contributed by atoms with Crippen LogP contribution in [0.2, 0.25) is 0 Å². The van der Waals surface area contributed by atoms with E-state index in [0.29, 0.717) is 5.33 Å². The SMILES string of the molecule is COC(=CCBr)C(=O)O. The minimum atomic E-state index is -1.04. The number of methoxy groups -OCH3 is 1. The fraction of sp³-hybridized carbons (Fsp3) is 0.400. The zero-order chi connectivity index (χ0) is 7.28. The minimum Gasteiger partial charge on any atom is -0.490 e. The van der Waals surface area contributed by atoms with Crippen LogP contribution in [0.4, 0.5) is 0 Å². The van der Waals surface area contributed by atoms with Crippen LogP contribution in [0.1, 0.15) is 0 Å². The number of hydrogen-bond acceptors (Lipinski definition) is 2. The standard InChI is InChI=1S/C5H7BrO3/c1-9-4(2-3-6)5(7)8/h2H,3H2,1H3,(H,7,8). The number of carbonyl (C=O) groups is 1. The molecule has 52 valence electrons. The first-order valence-electron chi connectivity index (χ1n) is 2.25. The third-order valence-electron chi connectivity index (χ3n) is 0.693. The Balaban J connectivity index is 3.98. The molecule has 0 amide bonds. The molecule has 0 saturated heterocycles. The van der Waals surface area contributed by atoms with Crippen LogP contribution < -0.4 is 0 Å². The van der Waals surface area contributed by atoms with E-state index in [0.717, 1.165) is 0 Å².